The standard InChI is InChI=1S/C12H13BrN2O6/c1-21-6-5-8(12(17)18)14-11(16)7-3-2-4-9(10(7)13)15(19)20/h2-4,8H,5-6H2,1H3,(H,14,16)(H,17,18). The molecule has 0 saturated carbocycles. The van der Waals surface area contributed by atoms with Crippen LogP contribution < -0.4 is 5.32 Å². The number of hydrogen-bond acceptors (Lipinski definition) is 5. The lowest BCUT2D eigenvalue weighted by Crippen LogP contribution is -2.41. The molecule has 1 amide bonds. The Kier molecular flexibility index (Phi) is 6.25. The molecule has 0 saturated heterocycles. The Morgan fingerprint density at radius 3 is 2.71 bits per heavy atom. The average Bonchev–Trinajstić information content (AvgIpc) is 2.42. The van der Waals surface area contributed by atoms with Gasteiger partial charge in [-0.1, -0.05) is 6.07 Å². The van der Waals surface area contributed by atoms with Crippen LogP contribution in [0.1, 0.15) is 16.8 Å². The van der Waals surface area contributed by atoms with E-state index in [2.05, 4.69) is 21.2 Å². The highest BCUT2D eigenvalue weighted by Gasteiger charge is 2.24. The normalized spacial score (nSPS) is 11.7. The largest absolute Gasteiger partial charge is 0.480 e. The van der Waals surface area contributed by atoms with Crippen LogP contribution in [-0.4, -0.2) is 41.7 Å². The Bertz CT molecular complexity index is 563. The first kappa shape index (κ1) is 17.1. The van der Waals surface area contributed by atoms with Gasteiger partial charge in [0.1, 0.15) is 10.5 Å². The molecule has 1 atom stereocenters. The number of carboxylic acid groups (broad SMARTS) is 1. The second-order valence-corrected chi connectivity index (χ2v) is 4.83. The van der Waals surface area contributed by atoms with Gasteiger partial charge in [0.25, 0.3) is 11.6 Å². The van der Waals surface area contributed by atoms with Crippen molar-refractivity contribution in [3.8, 4) is 0 Å². The number of halogens is 1. The number of nitrogens with zero attached hydrogens (tertiary/aromatic N) is 1. The smallest absolute Gasteiger partial charge is 0.326 e. The molecule has 9 heteroatoms. The van der Waals surface area contributed by atoms with Crippen LogP contribution in [0.15, 0.2) is 22.7 Å². The van der Waals surface area contributed by atoms with Gasteiger partial charge >= 0.3 is 5.97 Å². The number of nitro groups is 1. The van der Waals surface area contributed by atoms with Crippen molar-refractivity contribution >= 4 is 33.5 Å². The fraction of sp³-hybridized carbons (Fsp3) is 0.333. The second-order valence-electron chi connectivity index (χ2n) is 4.04. The Balaban J connectivity index is 2.95. The van der Waals surface area contributed by atoms with Gasteiger partial charge in [-0.25, -0.2) is 4.79 Å². The van der Waals surface area contributed by atoms with Crippen LogP contribution in [-0.2, 0) is 9.53 Å². The van der Waals surface area contributed by atoms with E-state index in [1.807, 2.05) is 0 Å². The van der Waals surface area contributed by atoms with E-state index in [-0.39, 0.29) is 28.8 Å². The zero-order valence-corrected chi connectivity index (χ0v) is 12.6. The van der Waals surface area contributed by atoms with Crippen LogP contribution in [0.25, 0.3) is 0 Å². The highest BCUT2D eigenvalue weighted by atomic mass is 79.9. The van der Waals surface area contributed by atoms with Crippen molar-refractivity contribution in [3.63, 3.8) is 0 Å². The maximum atomic E-state index is 12.1. The summed E-state index contributed by atoms with van der Waals surface area (Å²) in [6.45, 7) is 0.160. The molecule has 1 rings (SSSR count). The van der Waals surface area contributed by atoms with Gasteiger partial charge in [-0.2, -0.15) is 0 Å². The van der Waals surface area contributed by atoms with Crippen molar-refractivity contribution in [1.82, 2.24) is 5.32 Å². The molecule has 114 valence electrons. The van der Waals surface area contributed by atoms with Crippen molar-refractivity contribution < 1.29 is 24.4 Å². The molecule has 8 nitrogen and oxygen atoms in total. The summed E-state index contributed by atoms with van der Waals surface area (Å²) in [5, 5.41) is 22.1. The van der Waals surface area contributed by atoms with Crippen LogP contribution >= 0.6 is 15.9 Å². The minimum Gasteiger partial charge on any atom is -0.480 e. The lowest BCUT2D eigenvalue weighted by Gasteiger charge is -2.14. The van der Waals surface area contributed by atoms with E-state index in [9.17, 15) is 19.7 Å². The summed E-state index contributed by atoms with van der Waals surface area (Å²) in [6.07, 6.45) is 0.0874. The summed E-state index contributed by atoms with van der Waals surface area (Å²) in [5.41, 5.74) is -0.278. The number of ether oxygens (including phenoxy) is 1. The van der Waals surface area contributed by atoms with Crippen LogP contribution in [0.4, 0.5) is 5.69 Å². The van der Waals surface area contributed by atoms with Crippen molar-refractivity contribution in [2.24, 2.45) is 0 Å². The molecule has 0 bridgehead atoms. The molecule has 0 aliphatic carbocycles. The van der Waals surface area contributed by atoms with E-state index in [0.29, 0.717) is 0 Å². The maximum absolute atomic E-state index is 12.1. The predicted octanol–water partition coefficient (Wildman–Crippen LogP) is 1.58. The van der Waals surface area contributed by atoms with Gasteiger partial charge in [-0.3, -0.25) is 14.9 Å². The number of carboxylic acids is 1. The molecule has 1 aromatic carbocycles. The summed E-state index contributed by atoms with van der Waals surface area (Å²) in [6, 6.07) is 2.81. The van der Waals surface area contributed by atoms with Gasteiger partial charge in [0.05, 0.1) is 10.5 Å². The summed E-state index contributed by atoms with van der Waals surface area (Å²) in [5.74, 6) is -1.92. The fourth-order valence-electron chi connectivity index (χ4n) is 1.57. The molecule has 0 aliphatic rings. The van der Waals surface area contributed by atoms with E-state index in [1.54, 1.807) is 0 Å². The van der Waals surface area contributed by atoms with Crippen LogP contribution in [0.5, 0.6) is 0 Å². The number of hydrogen-bond donors (Lipinski definition) is 2. The molecule has 0 aromatic heterocycles. The first-order valence-electron chi connectivity index (χ1n) is 5.84. The fourth-order valence-corrected chi connectivity index (χ4v) is 2.15. The van der Waals surface area contributed by atoms with Gasteiger partial charge in [-0.05, 0) is 22.0 Å². The molecule has 0 aliphatic heterocycles. The van der Waals surface area contributed by atoms with Gasteiger partial charge in [0.2, 0.25) is 0 Å². The molecule has 0 fully saturated rings. The Morgan fingerprint density at radius 1 is 1.52 bits per heavy atom. The second kappa shape index (κ2) is 7.70. The SMILES string of the molecule is COCCC(NC(=O)c1cccc([N+](=O)[O-])c1Br)C(=O)O. The van der Waals surface area contributed by atoms with Gasteiger partial charge < -0.3 is 15.2 Å². The molecule has 2 N–H and O–H groups in total. The van der Waals surface area contributed by atoms with Gasteiger partial charge in [0, 0.05) is 26.2 Å². The van der Waals surface area contributed by atoms with E-state index in [4.69, 9.17) is 9.84 Å². The molecular weight excluding hydrogens is 348 g/mol. The first-order chi connectivity index (χ1) is 9.88. The number of amides is 1. The Labute approximate surface area is 128 Å². The number of aliphatic carboxylic acids is 1. The molecule has 21 heavy (non-hydrogen) atoms. The minimum atomic E-state index is -1.21. The first-order valence-corrected chi connectivity index (χ1v) is 6.63. The number of nitrogens with one attached hydrogen (secondary N) is 1. The summed E-state index contributed by atoms with van der Waals surface area (Å²) >= 11 is 2.99. The number of nitro benzene ring substituents is 1. The lowest BCUT2D eigenvalue weighted by molar-refractivity contribution is -0.385. The Morgan fingerprint density at radius 2 is 2.19 bits per heavy atom. The average molecular weight is 361 g/mol. The van der Waals surface area contributed by atoms with Gasteiger partial charge in [-0.15, -0.1) is 0 Å². The van der Waals surface area contributed by atoms with E-state index in [1.165, 1.54) is 25.3 Å². The van der Waals surface area contributed by atoms with Crippen molar-refractivity contribution in [1.29, 1.82) is 0 Å². The van der Waals surface area contributed by atoms with Gasteiger partial charge in [0.15, 0.2) is 0 Å². The molecule has 0 radical (unpaired) electrons. The number of methoxy groups -OCH3 is 1. The summed E-state index contributed by atoms with van der Waals surface area (Å²) < 4.78 is 4.77. The highest BCUT2D eigenvalue weighted by molar-refractivity contribution is 9.10. The summed E-state index contributed by atoms with van der Waals surface area (Å²) in [7, 11) is 1.41. The highest BCUT2D eigenvalue weighted by Crippen LogP contribution is 2.28. The molecule has 1 unspecified atom stereocenters. The molecule has 0 heterocycles. The third-order valence-electron chi connectivity index (χ3n) is 2.63. The topological polar surface area (TPSA) is 119 Å². The molecular formula is C12H13BrN2O6. The predicted molar refractivity (Wildman–Crippen MR) is 76.2 cm³/mol. The number of benzene rings is 1. The molecule has 1 aromatic rings. The number of carbonyl (C=O) groups is 2. The van der Waals surface area contributed by atoms with Crippen molar-refractivity contribution in [2.45, 2.75) is 12.5 Å². The quantitative estimate of drug-likeness (QED) is 0.562. The van der Waals surface area contributed by atoms with E-state index >= 15 is 0 Å². The lowest BCUT2D eigenvalue weighted by atomic mass is 10.1. The Hall–Kier alpha value is -2.00. The minimum absolute atomic E-state index is 0.00313. The maximum Gasteiger partial charge on any atom is 0.326 e. The van der Waals surface area contributed by atoms with Crippen LogP contribution in [0, 0.1) is 10.1 Å². The van der Waals surface area contributed by atoms with Crippen LogP contribution in [0.2, 0.25) is 0 Å². The van der Waals surface area contributed by atoms with Crippen molar-refractivity contribution in [3.05, 3.63) is 38.3 Å². The van der Waals surface area contributed by atoms with Crippen LogP contribution in [0.3, 0.4) is 0 Å². The van der Waals surface area contributed by atoms with E-state index < -0.39 is 22.8 Å². The third kappa shape index (κ3) is 4.50. The number of rotatable bonds is 7. The van der Waals surface area contributed by atoms with Crippen molar-refractivity contribution in [2.75, 3.05) is 13.7 Å². The van der Waals surface area contributed by atoms with E-state index in [0.717, 1.165) is 0 Å². The molecule has 0 spiro atoms. The zero-order chi connectivity index (χ0) is 16.0. The number of carbonyl (C=O) groups excluding carboxylic acids is 1. The third-order valence-corrected chi connectivity index (χ3v) is 3.47. The summed E-state index contributed by atoms with van der Waals surface area (Å²) in [4.78, 5) is 33.3. The monoisotopic (exact) mass is 360 g/mol. The zero-order valence-electron chi connectivity index (χ0n) is 11.0.